The molecule has 0 aromatic rings. The summed E-state index contributed by atoms with van der Waals surface area (Å²) in [7, 11) is -0.627. The lowest BCUT2D eigenvalue weighted by Gasteiger charge is -2.47. The minimum Gasteiger partial charge on any atom is -0.465 e. The summed E-state index contributed by atoms with van der Waals surface area (Å²) in [6, 6.07) is 0. The third-order valence-corrected chi connectivity index (χ3v) is 5.15. The van der Waals surface area contributed by atoms with Gasteiger partial charge < -0.3 is 14.4 Å². The molecule has 0 aromatic heterocycles. The summed E-state index contributed by atoms with van der Waals surface area (Å²) in [4.78, 5) is 13.1. The van der Waals surface area contributed by atoms with Crippen LogP contribution in [0.4, 0.5) is 4.79 Å². The Hall–Kier alpha value is -1.01. The molecule has 2 heterocycles. The van der Waals surface area contributed by atoms with Gasteiger partial charge in [0.05, 0.1) is 11.2 Å². The smallest absolute Gasteiger partial charge is 0.465 e. The van der Waals surface area contributed by atoms with Crippen LogP contribution in [0.5, 0.6) is 0 Å². The molecule has 0 bridgehead atoms. The van der Waals surface area contributed by atoms with Gasteiger partial charge in [0.2, 0.25) is 0 Å². The van der Waals surface area contributed by atoms with Crippen molar-refractivity contribution in [1.29, 1.82) is 0 Å². The topological polar surface area (TPSA) is 59.0 Å². The molecule has 1 atom stereocenters. The SMILES string of the molecule is CC(C)(C)C1(B2OC(C)(C)C(C)(C)O2)C=CCN1C(=O)O. The Balaban J connectivity index is 2.50. The third kappa shape index (κ3) is 2.19. The van der Waals surface area contributed by atoms with Gasteiger partial charge in [-0.2, -0.15) is 0 Å². The molecule has 0 aromatic carbocycles. The van der Waals surface area contributed by atoms with Gasteiger partial charge >= 0.3 is 13.2 Å². The van der Waals surface area contributed by atoms with Crippen LogP contribution in [0.2, 0.25) is 0 Å². The van der Waals surface area contributed by atoms with Crippen LogP contribution in [-0.4, -0.2) is 46.4 Å². The molecule has 2 aliphatic heterocycles. The van der Waals surface area contributed by atoms with Crippen molar-refractivity contribution in [2.24, 2.45) is 5.41 Å². The van der Waals surface area contributed by atoms with Crippen LogP contribution in [-0.2, 0) is 9.31 Å². The number of amides is 1. The first-order chi connectivity index (χ1) is 9.35. The molecule has 2 rings (SSSR count). The molecule has 1 saturated heterocycles. The van der Waals surface area contributed by atoms with E-state index in [0.29, 0.717) is 6.54 Å². The van der Waals surface area contributed by atoms with E-state index in [9.17, 15) is 9.90 Å². The Morgan fingerprint density at radius 2 is 1.67 bits per heavy atom. The molecule has 5 nitrogen and oxygen atoms in total. The maximum atomic E-state index is 11.7. The monoisotopic (exact) mass is 295 g/mol. The van der Waals surface area contributed by atoms with E-state index in [1.54, 1.807) is 0 Å². The molecule has 0 saturated carbocycles. The van der Waals surface area contributed by atoms with Crippen molar-refractivity contribution in [3.63, 3.8) is 0 Å². The summed E-state index contributed by atoms with van der Waals surface area (Å²) in [5.41, 5.74) is -2.17. The molecule has 0 aliphatic carbocycles. The molecule has 2 aliphatic rings. The normalized spacial score (nSPS) is 31.0. The molecule has 21 heavy (non-hydrogen) atoms. The van der Waals surface area contributed by atoms with E-state index in [-0.39, 0.29) is 5.41 Å². The lowest BCUT2D eigenvalue weighted by molar-refractivity contribution is 0.00578. The van der Waals surface area contributed by atoms with Gasteiger partial charge in [0.1, 0.15) is 5.44 Å². The fourth-order valence-electron chi connectivity index (χ4n) is 3.05. The summed E-state index contributed by atoms with van der Waals surface area (Å²) in [5, 5.41) is 9.61. The van der Waals surface area contributed by atoms with Crippen LogP contribution in [0.1, 0.15) is 48.5 Å². The number of carboxylic acid groups (broad SMARTS) is 1. The predicted molar refractivity (Wildman–Crippen MR) is 82.1 cm³/mol. The molecule has 118 valence electrons. The summed E-state index contributed by atoms with van der Waals surface area (Å²) in [5.74, 6) is 0. The minimum absolute atomic E-state index is 0.358. The maximum Gasteiger partial charge on any atom is 0.490 e. The second-order valence-corrected chi connectivity index (χ2v) is 7.96. The minimum atomic E-state index is -0.954. The Kier molecular flexibility index (Phi) is 3.50. The average Bonchev–Trinajstić information content (AvgIpc) is 2.78. The lowest BCUT2D eigenvalue weighted by Crippen LogP contribution is -2.65. The standard InChI is InChI=1S/C15H26BNO4/c1-12(2,3)15(9-8-10-17(15)11(18)19)16-20-13(4,5)14(6,7)21-16/h8-9H,10H2,1-7H3,(H,18,19). The van der Waals surface area contributed by atoms with Crippen molar-refractivity contribution in [2.45, 2.75) is 65.1 Å². The Morgan fingerprint density at radius 1 is 1.19 bits per heavy atom. The molecule has 1 unspecified atom stereocenters. The quantitative estimate of drug-likeness (QED) is 0.597. The Labute approximate surface area is 127 Å². The van der Waals surface area contributed by atoms with Gasteiger partial charge in [0.15, 0.2) is 0 Å². The maximum absolute atomic E-state index is 11.7. The van der Waals surface area contributed by atoms with Gasteiger partial charge in [-0.15, -0.1) is 0 Å². The van der Waals surface area contributed by atoms with Gasteiger partial charge in [0, 0.05) is 6.54 Å². The van der Waals surface area contributed by atoms with Crippen molar-refractivity contribution in [2.75, 3.05) is 6.54 Å². The summed E-state index contributed by atoms with van der Waals surface area (Å²) >= 11 is 0. The van der Waals surface area contributed by atoms with Gasteiger partial charge in [-0.05, 0) is 33.1 Å². The molecular weight excluding hydrogens is 269 g/mol. The van der Waals surface area contributed by atoms with Crippen LogP contribution in [0.3, 0.4) is 0 Å². The zero-order valence-corrected chi connectivity index (χ0v) is 14.1. The number of nitrogens with zero attached hydrogens (tertiary/aromatic N) is 1. The molecular formula is C15H26BNO4. The van der Waals surface area contributed by atoms with Crippen LogP contribution < -0.4 is 0 Å². The van der Waals surface area contributed by atoms with E-state index >= 15 is 0 Å². The molecule has 1 fully saturated rings. The van der Waals surface area contributed by atoms with E-state index in [0.717, 1.165) is 0 Å². The van der Waals surface area contributed by atoms with Crippen LogP contribution >= 0.6 is 0 Å². The fraction of sp³-hybridized carbons (Fsp3) is 0.800. The van der Waals surface area contributed by atoms with E-state index in [4.69, 9.17) is 9.31 Å². The van der Waals surface area contributed by atoms with E-state index in [1.165, 1.54) is 4.90 Å². The summed E-state index contributed by atoms with van der Waals surface area (Å²) in [6.07, 6.45) is 2.86. The van der Waals surface area contributed by atoms with E-state index < -0.39 is 29.9 Å². The number of hydrogen-bond donors (Lipinski definition) is 1. The predicted octanol–water partition coefficient (Wildman–Crippen LogP) is 2.95. The first-order valence-electron chi connectivity index (χ1n) is 7.39. The Bertz CT molecular complexity index is 465. The molecule has 0 radical (unpaired) electrons. The van der Waals surface area contributed by atoms with E-state index in [2.05, 4.69) is 0 Å². The van der Waals surface area contributed by atoms with Crippen molar-refractivity contribution in [3.8, 4) is 0 Å². The highest BCUT2D eigenvalue weighted by molar-refractivity contribution is 6.51. The molecule has 1 amide bonds. The highest BCUT2D eigenvalue weighted by Gasteiger charge is 2.66. The van der Waals surface area contributed by atoms with Crippen molar-refractivity contribution < 1.29 is 19.2 Å². The van der Waals surface area contributed by atoms with Crippen LogP contribution in [0, 0.1) is 5.41 Å². The fourth-order valence-corrected chi connectivity index (χ4v) is 3.05. The highest BCUT2D eigenvalue weighted by atomic mass is 16.7. The van der Waals surface area contributed by atoms with E-state index in [1.807, 2.05) is 60.6 Å². The number of carbonyl (C=O) groups is 1. The Morgan fingerprint density at radius 3 is 2.05 bits per heavy atom. The van der Waals surface area contributed by atoms with Gasteiger partial charge in [-0.3, -0.25) is 4.90 Å². The van der Waals surface area contributed by atoms with Gasteiger partial charge in [-0.1, -0.05) is 32.9 Å². The first-order valence-corrected chi connectivity index (χ1v) is 7.39. The van der Waals surface area contributed by atoms with Crippen LogP contribution in [0.15, 0.2) is 12.2 Å². The van der Waals surface area contributed by atoms with Crippen molar-refractivity contribution in [1.82, 2.24) is 4.90 Å². The highest BCUT2D eigenvalue weighted by Crippen LogP contribution is 2.49. The van der Waals surface area contributed by atoms with Crippen molar-refractivity contribution in [3.05, 3.63) is 12.2 Å². The van der Waals surface area contributed by atoms with Crippen molar-refractivity contribution >= 4 is 13.2 Å². The molecule has 0 spiro atoms. The van der Waals surface area contributed by atoms with Crippen LogP contribution in [0.25, 0.3) is 0 Å². The summed E-state index contributed by atoms with van der Waals surface area (Å²) < 4.78 is 12.4. The first kappa shape index (κ1) is 16.4. The molecule has 1 N–H and O–H groups in total. The number of hydrogen-bond acceptors (Lipinski definition) is 3. The average molecular weight is 295 g/mol. The summed E-state index contributed by atoms with van der Waals surface area (Å²) in [6.45, 7) is 14.3. The molecule has 6 heteroatoms. The van der Waals surface area contributed by atoms with Gasteiger partial charge in [-0.25, -0.2) is 4.79 Å². The largest absolute Gasteiger partial charge is 0.490 e. The zero-order valence-electron chi connectivity index (χ0n) is 14.1. The lowest BCUT2D eigenvalue weighted by atomic mass is 9.52. The second kappa shape index (κ2) is 4.49. The second-order valence-electron chi connectivity index (χ2n) is 7.96. The number of rotatable bonds is 1. The zero-order chi connectivity index (χ0) is 16.3. The van der Waals surface area contributed by atoms with Gasteiger partial charge in [0.25, 0.3) is 0 Å². The third-order valence-electron chi connectivity index (χ3n) is 5.15.